The summed E-state index contributed by atoms with van der Waals surface area (Å²) in [7, 11) is 0. The molecule has 0 aliphatic heterocycles. The Morgan fingerprint density at radius 1 is 1.21 bits per heavy atom. The molecular formula is C19H21NO3S. The van der Waals surface area contributed by atoms with E-state index in [1.54, 1.807) is 17.4 Å². The number of amides is 1. The Morgan fingerprint density at radius 3 is 2.67 bits per heavy atom. The van der Waals surface area contributed by atoms with Gasteiger partial charge in [0.1, 0.15) is 0 Å². The highest BCUT2D eigenvalue weighted by Gasteiger charge is 2.08. The zero-order chi connectivity index (χ0) is 17.4. The first-order valence-corrected chi connectivity index (χ1v) is 8.69. The summed E-state index contributed by atoms with van der Waals surface area (Å²) in [6.45, 7) is 3.62. The zero-order valence-electron chi connectivity index (χ0n) is 13.8. The molecule has 1 aromatic heterocycles. The van der Waals surface area contributed by atoms with Crippen LogP contribution in [0.4, 0.5) is 0 Å². The van der Waals surface area contributed by atoms with E-state index >= 15 is 0 Å². The minimum absolute atomic E-state index is 0.0780. The maximum Gasteiger partial charge on any atom is 0.331 e. The molecule has 0 aliphatic carbocycles. The molecule has 0 bridgehead atoms. The number of carbonyl (C=O) groups is 2. The minimum Gasteiger partial charge on any atom is -0.452 e. The van der Waals surface area contributed by atoms with Crippen molar-refractivity contribution >= 4 is 29.3 Å². The van der Waals surface area contributed by atoms with Crippen molar-refractivity contribution in [3.63, 3.8) is 0 Å². The van der Waals surface area contributed by atoms with E-state index in [0.29, 0.717) is 0 Å². The molecule has 1 N–H and O–H groups in total. The van der Waals surface area contributed by atoms with Crippen LogP contribution in [-0.4, -0.2) is 24.5 Å². The highest BCUT2D eigenvalue weighted by Crippen LogP contribution is 2.28. The third-order valence-electron chi connectivity index (χ3n) is 3.43. The monoisotopic (exact) mass is 343 g/mol. The topological polar surface area (TPSA) is 55.4 Å². The van der Waals surface area contributed by atoms with Crippen LogP contribution in [0.1, 0.15) is 25.1 Å². The average Bonchev–Trinajstić information content (AvgIpc) is 3.08. The first-order valence-electron chi connectivity index (χ1n) is 7.88. The Kier molecular flexibility index (Phi) is 6.75. The quantitative estimate of drug-likeness (QED) is 0.613. The minimum atomic E-state index is -0.524. The smallest absolute Gasteiger partial charge is 0.331 e. The number of thiophene rings is 1. The van der Waals surface area contributed by atoms with Gasteiger partial charge < -0.3 is 10.1 Å². The Morgan fingerprint density at radius 2 is 1.96 bits per heavy atom. The van der Waals surface area contributed by atoms with Gasteiger partial charge in [0.15, 0.2) is 6.61 Å². The van der Waals surface area contributed by atoms with Gasteiger partial charge in [-0.15, -0.1) is 11.3 Å². The third kappa shape index (κ3) is 5.66. The highest BCUT2D eigenvalue weighted by molar-refractivity contribution is 7.16. The lowest BCUT2D eigenvalue weighted by Gasteiger charge is -2.10. The molecule has 1 heterocycles. The fourth-order valence-electron chi connectivity index (χ4n) is 1.95. The predicted octanol–water partition coefficient (Wildman–Crippen LogP) is 3.89. The molecule has 2 aromatic rings. The van der Waals surface area contributed by atoms with Crippen molar-refractivity contribution in [1.29, 1.82) is 0 Å². The zero-order valence-corrected chi connectivity index (χ0v) is 14.6. The molecule has 126 valence electrons. The Bertz CT molecular complexity index is 706. The second-order valence-corrected chi connectivity index (χ2v) is 6.50. The lowest BCUT2D eigenvalue weighted by Crippen LogP contribution is -2.35. The normalized spacial score (nSPS) is 12.1. The van der Waals surface area contributed by atoms with Crippen molar-refractivity contribution in [1.82, 2.24) is 5.32 Å². The van der Waals surface area contributed by atoms with E-state index < -0.39 is 5.97 Å². The van der Waals surface area contributed by atoms with Crippen LogP contribution in [0.15, 0.2) is 48.5 Å². The molecule has 1 unspecified atom stereocenters. The largest absolute Gasteiger partial charge is 0.452 e. The summed E-state index contributed by atoms with van der Waals surface area (Å²) in [5.41, 5.74) is 1.14. The number of rotatable bonds is 7. The van der Waals surface area contributed by atoms with E-state index in [-0.39, 0.29) is 18.6 Å². The summed E-state index contributed by atoms with van der Waals surface area (Å²) >= 11 is 1.59. The van der Waals surface area contributed by atoms with Crippen molar-refractivity contribution in [2.75, 3.05) is 6.61 Å². The number of benzene rings is 1. The van der Waals surface area contributed by atoms with Crippen LogP contribution in [-0.2, 0) is 14.3 Å². The standard InChI is InChI=1S/C19H21NO3S/c1-3-14(2)20-18(21)13-23-19(22)12-10-16-9-11-17(24-16)15-7-5-4-6-8-15/h4-12,14H,3,13H2,1-2H3,(H,20,21)/b12-10+. The van der Waals surface area contributed by atoms with Crippen molar-refractivity contribution in [3.05, 3.63) is 53.4 Å². The average molecular weight is 343 g/mol. The maximum absolute atomic E-state index is 11.7. The van der Waals surface area contributed by atoms with Crippen molar-refractivity contribution < 1.29 is 14.3 Å². The van der Waals surface area contributed by atoms with Gasteiger partial charge in [0, 0.05) is 21.9 Å². The van der Waals surface area contributed by atoms with Gasteiger partial charge in [-0.25, -0.2) is 4.79 Å². The molecule has 5 heteroatoms. The summed E-state index contributed by atoms with van der Waals surface area (Å²) in [6.07, 6.45) is 3.88. The van der Waals surface area contributed by atoms with Gasteiger partial charge in [-0.2, -0.15) is 0 Å². The van der Waals surface area contributed by atoms with Crippen molar-refractivity contribution in [2.24, 2.45) is 0 Å². The lowest BCUT2D eigenvalue weighted by molar-refractivity contribution is -0.144. The third-order valence-corrected chi connectivity index (χ3v) is 4.53. The summed E-state index contributed by atoms with van der Waals surface area (Å²) in [5, 5.41) is 2.74. The Balaban J connectivity index is 1.84. The van der Waals surface area contributed by atoms with Crippen molar-refractivity contribution in [2.45, 2.75) is 26.3 Å². The number of ether oxygens (including phenoxy) is 1. The Labute approximate surface area is 146 Å². The molecule has 1 aromatic carbocycles. The fraction of sp³-hybridized carbons (Fsp3) is 0.263. The lowest BCUT2D eigenvalue weighted by atomic mass is 10.2. The van der Waals surface area contributed by atoms with Gasteiger partial charge >= 0.3 is 5.97 Å². The van der Waals surface area contributed by atoms with E-state index in [9.17, 15) is 9.59 Å². The van der Waals surface area contributed by atoms with Crippen LogP contribution in [0.2, 0.25) is 0 Å². The van der Waals surface area contributed by atoms with E-state index in [1.807, 2.05) is 56.3 Å². The summed E-state index contributed by atoms with van der Waals surface area (Å²) in [4.78, 5) is 25.3. The molecule has 0 aliphatic rings. The van der Waals surface area contributed by atoms with E-state index in [1.165, 1.54) is 6.08 Å². The fourth-order valence-corrected chi connectivity index (χ4v) is 2.87. The van der Waals surface area contributed by atoms with Crippen LogP contribution in [0.3, 0.4) is 0 Å². The molecule has 4 nitrogen and oxygen atoms in total. The highest BCUT2D eigenvalue weighted by atomic mass is 32.1. The SMILES string of the molecule is CCC(C)NC(=O)COC(=O)/C=C/c1ccc(-c2ccccc2)s1. The number of nitrogens with one attached hydrogen (secondary N) is 1. The first-order chi connectivity index (χ1) is 11.6. The summed E-state index contributed by atoms with van der Waals surface area (Å²) < 4.78 is 4.93. The van der Waals surface area contributed by atoms with Crippen LogP contribution in [0.5, 0.6) is 0 Å². The van der Waals surface area contributed by atoms with Gasteiger partial charge in [0.2, 0.25) is 0 Å². The number of esters is 1. The van der Waals surface area contributed by atoms with Crippen LogP contribution >= 0.6 is 11.3 Å². The van der Waals surface area contributed by atoms with Gasteiger partial charge in [-0.05, 0) is 37.1 Å². The van der Waals surface area contributed by atoms with Gasteiger partial charge in [-0.3, -0.25) is 4.79 Å². The van der Waals surface area contributed by atoms with Gasteiger partial charge in [-0.1, -0.05) is 37.3 Å². The predicted molar refractivity (Wildman–Crippen MR) is 97.6 cm³/mol. The van der Waals surface area contributed by atoms with E-state index in [4.69, 9.17) is 4.74 Å². The van der Waals surface area contributed by atoms with Crippen LogP contribution in [0, 0.1) is 0 Å². The molecule has 0 saturated carbocycles. The molecule has 1 amide bonds. The molecule has 0 radical (unpaired) electrons. The molecule has 0 spiro atoms. The molecule has 0 saturated heterocycles. The number of carbonyl (C=O) groups excluding carboxylic acids is 2. The van der Waals surface area contributed by atoms with E-state index in [2.05, 4.69) is 5.32 Å². The first kappa shape index (κ1) is 17.9. The second kappa shape index (κ2) is 9.03. The maximum atomic E-state index is 11.7. The number of hydrogen-bond acceptors (Lipinski definition) is 4. The van der Waals surface area contributed by atoms with Gasteiger partial charge in [0.25, 0.3) is 5.91 Å². The summed E-state index contributed by atoms with van der Waals surface area (Å²) in [6, 6.07) is 14.1. The van der Waals surface area contributed by atoms with E-state index in [0.717, 1.165) is 21.7 Å². The van der Waals surface area contributed by atoms with Crippen molar-refractivity contribution in [3.8, 4) is 10.4 Å². The molecule has 1 atom stereocenters. The Hall–Kier alpha value is -2.40. The molecule has 2 rings (SSSR count). The van der Waals surface area contributed by atoms with Crippen LogP contribution < -0.4 is 5.32 Å². The summed E-state index contributed by atoms with van der Waals surface area (Å²) in [5.74, 6) is -0.808. The molecule has 24 heavy (non-hydrogen) atoms. The molecular weight excluding hydrogens is 322 g/mol. The van der Waals surface area contributed by atoms with Gasteiger partial charge in [0.05, 0.1) is 0 Å². The van der Waals surface area contributed by atoms with Crippen LogP contribution in [0.25, 0.3) is 16.5 Å². The number of hydrogen-bond donors (Lipinski definition) is 1. The second-order valence-electron chi connectivity index (χ2n) is 5.39. The molecule has 0 fully saturated rings.